The van der Waals surface area contributed by atoms with Gasteiger partial charge in [-0.1, -0.05) is 0 Å². The number of aromatic nitrogens is 4. The van der Waals surface area contributed by atoms with Crippen LogP contribution < -0.4 is 5.32 Å². The van der Waals surface area contributed by atoms with Gasteiger partial charge in [0.25, 0.3) is 0 Å². The number of fused-ring (bicyclic) bond motifs is 3. The van der Waals surface area contributed by atoms with E-state index in [1.165, 1.54) is 12.1 Å². The van der Waals surface area contributed by atoms with Gasteiger partial charge in [-0.15, -0.1) is 0 Å². The van der Waals surface area contributed by atoms with Crippen LogP contribution >= 0.6 is 0 Å². The molecule has 4 aromatic rings. The minimum absolute atomic E-state index is 0.280. The van der Waals surface area contributed by atoms with Gasteiger partial charge in [0.15, 0.2) is 11.5 Å². The molecule has 7 heteroatoms. The molecule has 0 unspecified atom stereocenters. The average Bonchev–Trinajstić information content (AvgIpc) is 3.20. The smallest absolute Gasteiger partial charge is 0.190 e. The number of anilines is 1. The highest BCUT2D eigenvalue weighted by Crippen LogP contribution is 2.35. The first-order chi connectivity index (χ1) is 12.6. The Morgan fingerprint density at radius 2 is 2.08 bits per heavy atom. The van der Waals surface area contributed by atoms with E-state index in [2.05, 4.69) is 15.1 Å². The van der Waals surface area contributed by atoms with E-state index >= 15 is 0 Å². The Morgan fingerprint density at radius 3 is 2.77 bits per heavy atom. The lowest BCUT2D eigenvalue weighted by molar-refractivity contribution is 0.629. The van der Waals surface area contributed by atoms with Crippen molar-refractivity contribution >= 4 is 33.6 Å². The van der Waals surface area contributed by atoms with Gasteiger partial charge in [-0.3, -0.25) is 0 Å². The zero-order valence-electron chi connectivity index (χ0n) is 14.7. The highest BCUT2D eigenvalue weighted by Gasteiger charge is 2.19. The lowest BCUT2D eigenvalue weighted by atomic mass is 10.1. The molecule has 0 fully saturated rings. The maximum Gasteiger partial charge on any atom is 0.190 e. The summed E-state index contributed by atoms with van der Waals surface area (Å²) in [5, 5.41) is 4.05. The van der Waals surface area contributed by atoms with Crippen molar-refractivity contribution in [2.24, 2.45) is 7.05 Å². The van der Waals surface area contributed by atoms with E-state index in [0.29, 0.717) is 17.9 Å². The monoisotopic (exact) mass is 348 g/mol. The number of halogens is 1. The van der Waals surface area contributed by atoms with E-state index in [-0.39, 0.29) is 5.69 Å². The second kappa shape index (κ2) is 5.85. The van der Waals surface area contributed by atoms with E-state index < -0.39 is 5.82 Å². The van der Waals surface area contributed by atoms with Gasteiger partial charge < -0.3 is 14.5 Å². The van der Waals surface area contributed by atoms with Crippen molar-refractivity contribution in [2.75, 3.05) is 12.4 Å². The number of nitrogens with one attached hydrogen (secondary N) is 1. The van der Waals surface area contributed by atoms with Gasteiger partial charge in [-0.2, -0.15) is 0 Å². The molecule has 4 rings (SSSR count). The molecular formula is C19H17FN6. The Labute approximate surface area is 149 Å². The predicted octanol–water partition coefficient (Wildman–Crippen LogP) is 4.34. The number of hydrogen-bond donors (Lipinski definition) is 1. The van der Waals surface area contributed by atoms with E-state index in [0.717, 1.165) is 27.8 Å². The van der Waals surface area contributed by atoms with Crippen LogP contribution in [0.2, 0.25) is 0 Å². The standard InChI is InChI=1S/C19H17FN6/c1-5-26-15(11-6-12(20)8-13(7-11)21-2)9-14-17-16(23-10-25(17)4)18(22-3)24-19(14)26/h6-10H,5H2,1,3-4H3,(H,22,24). The minimum Gasteiger partial charge on any atom is -0.371 e. The van der Waals surface area contributed by atoms with Crippen LogP contribution in [0.3, 0.4) is 0 Å². The van der Waals surface area contributed by atoms with E-state index in [1.54, 1.807) is 12.4 Å². The highest BCUT2D eigenvalue weighted by atomic mass is 19.1. The normalized spacial score (nSPS) is 11.2. The van der Waals surface area contributed by atoms with Crippen molar-refractivity contribution in [1.29, 1.82) is 0 Å². The summed E-state index contributed by atoms with van der Waals surface area (Å²) >= 11 is 0. The van der Waals surface area contributed by atoms with Crippen molar-refractivity contribution in [2.45, 2.75) is 13.5 Å². The number of hydrogen-bond acceptors (Lipinski definition) is 3. The molecule has 0 aliphatic carbocycles. The third-order valence-corrected chi connectivity index (χ3v) is 4.56. The van der Waals surface area contributed by atoms with E-state index in [1.807, 2.05) is 36.2 Å². The highest BCUT2D eigenvalue weighted by molar-refractivity contribution is 6.07. The van der Waals surface area contributed by atoms with Crippen LogP contribution in [0.5, 0.6) is 0 Å². The van der Waals surface area contributed by atoms with Crippen molar-refractivity contribution in [3.8, 4) is 11.3 Å². The zero-order chi connectivity index (χ0) is 18.4. The zero-order valence-corrected chi connectivity index (χ0v) is 14.7. The summed E-state index contributed by atoms with van der Waals surface area (Å²) in [7, 11) is 3.76. The Morgan fingerprint density at radius 1 is 1.27 bits per heavy atom. The first-order valence-corrected chi connectivity index (χ1v) is 8.27. The molecule has 1 N–H and O–H groups in total. The molecule has 130 valence electrons. The van der Waals surface area contributed by atoms with Gasteiger partial charge in [0.05, 0.1) is 18.4 Å². The summed E-state index contributed by atoms with van der Waals surface area (Å²) in [6, 6.07) is 6.40. The SMILES string of the molecule is [C-]#[N+]c1cc(F)cc(-c2cc3c4c(ncn4C)c(NC)nc3n2CC)c1. The van der Waals surface area contributed by atoms with Gasteiger partial charge in [-0.05, 0) is 36.8 Å². The number of imidazole rings is 1. The van der Waals surface area contributed by atoms with Crippen LogP contribution in [0.4, 0.5) is 15.9 Å². The molecule has 3 aromatic heterocycles. The molecule has 0 atom stereocenters. The number of nitrogens with zero attached hydrogens (tertiary/aromatic N) is 5. The van der Waals surface area contributed by atoms with E-state index in [4.69, 9.17) is 11.6 Å². The fraction of sp³-hybridized carbons (Fsp3) is 0.211. The molecule has 0 aliphatic heterocycles. The van der Waals surface area contributed by atoms with Crippen molar-refractivity contribution in [3.05, 3.63) is 47.8 Å². The fourth-order valence-corrected chi connectivity index (χ4v) is 3.43. The first-order valence-electron chi connectivity index (χ1n) is 8.27. The van der Waals surface area contributed by atoms with Crippen LogP contribution in [-0.4, -0.2) is 26.1 Å². The number of pyridine rings is 1. The Bertz CT molecular complexity index is 1190. The lowest BCUT2D eigenvalue weighted by Crippen LogP contribution is -2.01. The molecule has 0 spiro atoms. The van der Waals surface area contributed by atoms with Gasteiger partial charge >= 0.3 is 0 Å². The van der Waals surface area contributed by atoms with Crippen molar-refractivity contribution < 1.29 is 4.39 Å². The topological polar surface area (TPSA) is 52.0 Å². The quantitative estimate of drug-likeness (QED) is 0.560. The number of benzene rings is 1. The molecular weight excluding hydrogens is 331 g/mol. The Kier molecular flexibility index (Phi) is 3.62. The molecule has 0 amide bonds. The van der Waals surface area contributed by atoms with Gasteiger partial charge in [0.2, 0.25) is 0 Å². The van der Waals surface area contributed by atoms with Crippen molar-refractivity contribution in [3.63, 3.8) is 0 Å². The number of aryl methyl sites for hydroxylation is 2. The minimum atomic E-state index is -0.420. The molecule has 0 bridgehead atoms. The summed E-state index contributed by atoms with van der Waals surface area (Å²) in [6.45, 7) is 9.88. The molecule has 0 radical (unpaired) electrons. The summed E-state index contributed by atoms with van der Waals surface area (Å²) in [4.78, 5) is 12.6. The third kappa shape index (κ3) is 2.23. The van der Waals surface area contributed by atoms with Gasteiger partial charge in [0, 0.05) is 31.7 Å². The molecule has 1 aromatic carbocycles. The summed E-state index contributed by atoms with van der Waals surface area (Å²) in [6.07, 6.45) is 1.76. The van der Waals surface area contributed by atoms with Gasteiger partial charge in [0.1, 0.15) is 17.0 Å². The summed E-state index contributed by atoms with van der Waals surface area (Å²) in [5.41, 5.74) is 4.34. The van der Waals surface area contributed by atoms with Crippen LogP contribution in [-0.2, 0) is 13.6 Å². The fourth-order valence-electron chi connectivity index (χ4n) is 3.43. The lowest BCUT2D eigenvalue weighted by Gasteiger charge is -2.09. The van der Waals surface area contributed by atoms with Crippen LogP contribution in [0, 0.1) is 12.4 Å². The maximum absolute atomic E-state index is 14.0. The van der Waals surface area contributed by atoms with Gasteiger partial charge in [-0.25, -0.2) is 19.2 Å². The van der Waals surface area contributed by atoms with E-state index in [9.17, 15) is 4.39 Å². The summed E-state index contributed by atoms with van der Waals surface area (Å²) < 4.78 is 18.0. The van der Waals surface area contributed by atoms with Crippen LogP contribution in [0.1, 0.15) is 6.92 Å². The molecule has 3 heterocycles. The maximum atomic E-state index is 14.0. The molecule has 26 heavy (non-hydrogen) atoms. The third-order valence-electron chi connectivity index (χ3n) is 4.56. The van der Waals surface area contributed by atoms with Crippen LogP contribution in [0.15, 0.2) is 30.6 Å². The van der Waals surface area contributed by atoms with Crippen LogP contribution in [0.25, 0.3) is 38.2 Å². The summed E-state index contributed by atoms with van der Waals surface area (Å²) in [5.74, 6) is 0.282. The number of rotatable bonds is 3. The largest absolute Gasteiger partial charge is 0.371 e. The van der Waals surface area contributed by atoms with Crippen molar-refractivity contribution in [1.82, 2.24) is 19.1 Å². The Hall–Kier alpha value is -3.40. The average molecular weight is 348 g/mol. The second-order valence-electron chi connectivity index (χ2n) is 6.08. The Balaban J connectivity index is 2.12. The molecule has 0 saturated carbocycles. The second-order valence-corrected chi connectivity index (χ2v) is 6.08. The molecule has 0 aliphatic rings. The first kappa shape index (κ1) is 16.1. The molecule has 6 nitrogen and oxygen atoms in total. The molecule has 0 saturated heterocycles. The predicted molar refractivity (Wildman–Crippen MR) is 101 cm³/mol.